The second-order valence-corrected chi connectivity index (χ2v) is 8.09. The Morgan fingerprint density at radius 2 is 1.50 bits per heavy atom. The Morgan fingerprint density at radius 1 is 0.853 bits per heavy atom. The number of benzene rings is 1. The van der Waals surface area contributed by atoms with Gasteiger partial charge in [0.2, 0.25) is 0 Å². The van der Waals surface area contributed by atoms with Crippen LogP contribution >= 0.6 is 0 Å². The van der Waals surface area contributed by atoms with E-state index in [0.29, 0.717) is 12.5 Å². The summed E-state index contributed by atoms with van der Waals surface area (Å²) >= 11 is 0. The van der Waals surface area contributed by atoms with E-state index in [9.17, 15) is 0 Å². The van der Waals surface area contributed by atoms with Crippen molar-refractivity contribution in [3.05, 3.63) is 107 Å². The number of hydrogen-bond donors (Lipinski definition) is 0. The zero-order chi connectivity index (χ0) is 22.9. The number of imidazole rings is 1. The summed E-state index contributed by atoms with van der Waals surface area (Å²) in [5.74, 6) is 0.603. The maximum absolute atomic E-state index is 4.78. The summed E-state index contributed by atoms with van der Waals surface area (Å²) in [7, 11) is 0. The molecule has 0 saturated heterocycles. The second-order valence-electron chi connectivity index (χ2n) is 8.09. The van der Waals surface area contributed by atoms with Gasteiger partial charge in [-0.1, -0.05) is 60.7 Å². The molecule has 5 nitrogen and oxygen atoms in total. The molecule has 1 aromatic carbocycles. The molecule has 0 aliphatic heterocycles. The minimum atomic E-state index is 0. The van der Waals surface area contributed by atoms with Crippen LogP contribution in [0, 0.1) is 13.8 Å². The van der Waals surface area contributed by atoms with E-state index in [0.717, 1.165) is 33.7 Å². The van der Waals surface area contributed by atoms with Gasteiger partial charge in [-0.15, -0.1) is 0 Å². The zero-order valence-electron chi connectivity index (χ0n) is 19.7. The molecule has 6 heteroatoms. The van der Waals surface area contributed by atoms with Gasteiger partial charge in [-0.2, -0.15) is 0 Å². The number of allylic oxidation sites excluding steroid dienone is 4. The largest absolute Gasteiger partial charge is 0.386 e. The van der Waals surface area contributed by atoms with Crippen molar-refractivity contribution in [2.24, 2.45) is 0 Å². The van der Waals surface area contributed by atoms with Gasteiger partial charge in [0, 0.05) is 61.4 Å². The van der Waals surface area contributed by atoms with Crippen LogP contribution < -0.4 is 0 Å². The van der Waals surface area contributed by atoms with Crippen molar-refractivity contribution in [1.29, 1.82) is 0 Å². The van der Waals surface area contributed by atoms with Crippen molar-refractivity contribution < 1.29 is 20.1 Å². The quantitative estimate of drug-likeness (QED) is 0.223. The van der Waals surface area contributed by atoms with Crippen molar-refractivity contribution in [3.8, 4) is 11.3 Å². The van der Waals surface area contributed by atoms with E-state index in [-0.39, 0.29) is 20.1 Å². The predicted octanol–water partition coefficient (Wildman–Crippen LogP) is 7.28. The Kier molecular flexibility index (Phi) is 9.74. The first kappa shape index (κ1) is 25.5. The third-order valence-electron chi connectivity index (χ3n) is 5.38. The fourth-order valence-electron chi connectivity index (χ4n) is 3.82. The van der Waals surface area contributed by atoms with Crippen molar-refractivity contribution in [3.63, 3.8) is 0 Å². The molecule has 0 N–H and O–H groups in total. The van der Waals surface area contributed by atoms with Crippen LogP contribution in [0.5, 0.6) is 0 Å². The van der Waals surface area contributed by atoms with Gasteiger partial charge in [0.25, 0.3) is 0 Å². The average Bonchev–Trinajstić information content (AvgIpc) is 3.18. The number of pyridine rings is 1. The number of rotatable bonds is 4. The Morgan fingerprint density at radius 3 is 2.12 bits per heavy atom. The molecule has 4 aromatic rings. The van der Waals surface area contributed by atoms with E-state index in [1.165, 1.54) is 25.7 Å². The Labute approximate surface area is 215 Å². The van der Waals surface area contributed by atoms with Crippen LogP contribution in [0.1, 0.15) is 42.6 Å². The van der Waals surface area contributed by atoms with Crippen LogP contribution in [-0.4, -0.2) is 19.6 Å². The van der Waals surface area contributed by atoms with E-state index in [4.69, 9.17) is 4.98 Å². The number of hydrogen-bond acceptors (Lipinski definition) is 3. The Hall–Kier alpha value is -3.08. The fourth-order valence-corrected chi connectivity index (χ4v) is 3.82. The molecule has 5 rings (SSSR count). The van der Waals surface area contributed by atoms with Crippen LogP contribution in [-0.2, 0) is 26.7 Å². The minimum absolute atomic E-state index is 0. The average molecular weight is 629 g/mol. The molecule has 3 heterocycles. The van der Waals surface area contributed by atoms with Gasteiger partial charge in [0.1, 0.15) is 0 Å². The minimum Gasteiger partial charge on any atom is -0.386 e. The molecule has 0 amide bonds. The maximum Gasteiger partial charge on any atom is 0.0466 e. The SMILES string of the molecule is C1=C\CC/C=C\CC/1.Cc1cc(C)c2c(-c3ccccc3)nc([N-]Cc3ccccn3)n2n1.[Ir]. The van der Waals surface area contributed by atoms with Gasteiger partial charge in [0.15, 0.2) is 0 Å². The Balaban J connectivity index is 0.000000308. The first-order valence-corrected chi connectivity index (χ1v) is 11.5. The summed E-state index contributed by atoms with van der Waals surface area (Å²) in [5.41, 5.74) is 5.95. The molecular weight excluding hydrogens is 599 g/mol. The summed E-state index contributed by atoms with van der Waals surface area (Å²) < 4.78 is 1.84. The molecule has 3 aromatic heterocycles. The van der Waals surface area contributed by atoms with E-state index in [1.54, 1.807) is 6.20 Å². The van der Waals surface area contributed by atoms with E-state index in [2.05, 4.69) is 64.8 Å². The van der Waals surface area contributed by atoms with Gasteiger partial charge >= 0.3 is 0 Å². The fraction of sp³-hybridized carbons (Fsp3) is 0.250. The predicted molar refractivity (Wildman–Crippen MR) is 136 cm³/mol. The molecule has 1 radical (unpaired) electrons. The molecular formula is C28H30IrN5-. The molecule has 34 heavy (non-hydrogen) atoms. The van der Waals surface area contributed by atoms with E-state index in [1.807, 2.05) is 47.8 Å². The van der Waals surface area contributed by atoms with Gasteiger partial charge in [-0.25, -0.2) is 5.10 Å². The zero-order valence-corrected chi connectivity index (χ0v) is 22.1. The molecule has 177 valence electrons. The van der Waals surface area contributed by atoms with E-state index < -0.39 is 0 Å². The standard InChI is InChI=1S/C20H18N5.C8H12.Ir/c1-14-12-15(2)24-25-19(14)18(16-8-4-3-5-9-16)23-20(25)22-13-17-10-6-7-11-21-17;1-2-4-6-8-7-5-3-1;/h3-12H,13H2,1-2H3;1-2,7-8H,3-6H2;/q-1;;/b;2-1-,8-7-;. The first-order chi connectivity index (χ1) is 16.2. The summed E-state index contributed by atoms with van der Waals surface area (Å²) in [5, 5.41) is 9.29. The second kappa shape index (κ2) is 13.0. The summed E-state index contributed by atoms with van der Waals surface area (Å²) in [4.78, 5) is 9.11. The van der Waals surface area contributed by atoms with Crippen molar-refractivity contribution in [1.82, 2.24) is 19.6 Å². The molecule has 0 saturated carbocycles. The molecule has 0 spiro atoms. The number of aryl methyl sites for hydroxylation is 2. The topological polar surface area (TPSA) is 57.2 Å². The Bertz CT molecular complexity index is 1200. The summed E-state index contributed by atoms with van der Waals surface area (Å²) in [6, 6.07) is 18.1. The van der Waals surface area contributed by atoms with Crippen LogP contribution in [0.4, 0.5) is 5.95 Å². The molecule has 1 aliphatic carbocycles. The van der Waals surface area contributed by atoms with Crippen molar-refractivity contribution >= 4 is 11.5 Å². The number of aromatic nitrogens is 4. The van der Waals surface area contributed by atoms with Gasteiger partial charge in [0.05, 0.1) is 0 Å². The van der Waals surface area contributed by atoms with Crippen LogP contribution in [0.15, 0.2) is 85.1 Å². The maximum atomic E-state index is 4.78. The van der Waals surface area contributed by atoms with Gasteiger partial charge in [-0.05, 0) is 68.9 Å². The number of fused-ring (bicyclic) bond motifs is 1. The monoisotopic (exact) mass is 629 g/mol. The summed E-state index contributed by atoms with van der Waals surface area (Å²) in [6.07, 6.45) is 15.8. The van der Waals surface area contributed by atoms with Gasteiger partial charge < -0.3 is 10.3 Å². The smallest absolute Gasteiger partial charge is 0.0466 e. The normalized spacial score (nSPS) is 14.6. The molecule has 0 unspecified atom stereocenters. The molecule has 0 bridgehead atoms. The molecule has 0 fully saturated rings. The molecule has 1 aliphatic rings. The van der Waals surface area contributed by atoms with Crippen LogP contribution in [0.3, 0.4) is 0 Å². The van der Waals surface area contributed by atoms with Crippen LogP contribution in [0.25, 0.3) is 22.1 Å². The molecule has 0 atom stereocenters. The number of nitrogens with zero attached hydrogens (tertiary/aromatic N) is 5. The van der Waals surface area contributed by atoms with E-state index >= 15 is 0 Å². The van der Waals surface area contributed by atoms with Gasteiger partial charge in [-0.3, -0.25) is 9.50 Å². The van der Waals surface area contributed by atoms with Crippen molar-refractivity contribution in [2.45, 2.75) is 46.1 Å². The van der Waals surface area contributed by atoms with Crippen LogP contribution in [0.2, 0.25) is 0 Å². The van der Waals surface area contributed by atoms with Crippen molar-refractivity contribution in [2.75, 3.05) is 0 Å². The summed E-state index contributed by atoms with van der Waals surface area (Å²) in [6.45, 7) is 4.54. The first-order valence-electron chi connectivity index (χ1n) is 11.5. The third-order valence-corrected chi connectivity index (χ3v) is 5.38. The third kappa shape index (κ3) is 6.72.